The lowest BCUT2D eigenvalue weighted by molar-refractivity contribution is 0.0592. The summed E-state index contributed by atoms with van der Waals surface area (Å²) in [6, 6.07) is 13.1. The van der Waals surface area contributed by atoms with E-state index in [4.69, 9.17) is 0 Å². The quantitative estimate of drug-likeness (QED) is 0.673. The Hall–Kier alpha value is -2.71. The summed E-state index contributed by atoms with van der Waals surface area (Å²) < 4.78 is 34.9. The van der Waals surface area contributed by atoms with Gasteiger partial charge in [-0.3, -0.25) is 0 Å². The van der Waals surface area contributed by atoms with Gasteiger partial charge in [0.15, 0.2) is 0 Å². The molecule has 0 bridgehead atoms. The van der Waals surface area contributed by atoms with Crippen molar-refractivity contribution < 1.29 is 27.5 Å². The third-order valence-electron chi connectivity index (χ3n) is 3.94. The molecule has 0 amide bonds. The van der Waals surface area contributed by atoms with Crippen molar-refractivity contribution in [3.05, 3.63) is 70.8 Å². The number of benzene rings is 2. The van der Waals surface area contributed by atoms with Gasteiger partial charge in [0, 0.05) is 13.1 Å². The van der Waals surface area contributed by atoms with E-state index in [1.807, 2.05) is 0 Å². The molecule has 0 fully saturated rings. The Morgan fingerprint density at radius 2 is 1.11 bits per heavy atom. The lowest BCUT2D eigenvalue weighted by atomic mass is 10.1. The smallest absolute Gasteiger partial charge is 0.337 e. The fourth-order valence-electron chi connectivity index (χ4n) is 2.43. The van der Waals surface area contributed by atoms with E-state index in [-0.39, 0.29) is 13.1 Å². The number of methoxy groups -OCH3 is 2. The van der Waals surface area contributed by atoms with Gasteiger partial charge in [-0.2, -0.15) is 4.31 Å². The van der Waals surface area contributed by atoms with E-state index in [1.54, 1.807) is 48.5 Å². The third kappa shape index (κ3) is 5.63. The summed E-state index contributed by atoms with van der Waals surface area (Å²) in [4.78, 5) is 23.0. The molecule has 2 aromatic rings. The zero-order valence-electron chi connectivity index (χ0n) is 15.3. The van der Waals surface area contributed by atoms with Crippen LogP contribution in [-0.2, 0) is 32.6 Å². The predicted molar refractivity (Wildman–Crippen MR) is 99.7 cm³/mol. The van der Waals surface area contributed by atoms with Crippen LogP contribution in [0.2, 0.25) is 0 Å². The number of nitrogens with zero attached hydrogens (tertiary/aromatic N) is 1. The highest BCUT2D eigenvalue weighted by molar-refractivity contribution is 7.88. The Kier molecular flexibility index (Phi) is 6.70. The van der Waals surface area contributed by atoms with Crippen LogP contribution in [0, 0.1) is 0 Å². The number of carbonyl (C=O) groups is 2. The maximum atomic E-state index is 12.2. The number of rotatable bonds is 7. The van der Waals surface area contributed by atoms with Crippen molar-refractivity contribution in [1.82, 2.24) is 4.31 Å². The van der Waals surface area contributed by atoms with Crippen molar-refractivity contribution >= 4 is 22.0 Å². The van der Waals surface area contributed by atoms with Crippen molar-refractivity contribution in [1.29, 1.82) is 0 Å². The number of carbonyl (C=O) groups excluding carboxylic acids is 2. The van der Waals surface area contributed by atoms with Gasteiger partial charge >= 0.3 is 11.9 Å². The fourth-order valence-corrected chi connectivity index (χ4v) is 3.19. The minimum Gasteiger partial charge on any atom is -0.465 e. The van der Waals surface area contributed by atoms with Crippen LogP contribution in [0.4, 0.5) is 0 Å². The molecule has 0 N–H and O–H groups in total. The Balaban J connectivity index is 2.16. The summed E-state index contributed by atoms with van der Waals surface area (Å²) in [7, 11) is -0.876. The SMILES string of the molecule is COC(=O)c1ccc(CN(Cc2ccc(C(=O)OC)cc2)S(C)(=O)=O)cc1. The average molecular weight is 391 g/mol. The number of sulfonamides is 1. The second-order valence-electron chi connectivity index (χ2n) is 5.91. The average Bonchev–Trinajstić information content (AvgIpc) is 2.66. The number of hydrogen-bond acceptors (Lipinski definition) is 6. The van der Waals surface area contributed by atoms with Gasteiger partial charge < -0.3 is 9.47 Å². The van der Waals surface area contributed by atoms with Crippen LogP contribution in [0.3, 0.4) is 0 Å². The molecule has 0 aliphatic carbocycles. The topological polar surface area (TPSA) is 90.0 Å². The van der Waals surface area contributed by atoms with Crippen LogP contribution in [0.25, 0.3) is 0 Å². The van der Waals surface area contributed by atoms with Crippen LogP contribution in [0.5, 0.6) is 0 Å². The molecule has 0 heterocycles. The third-order valence-corrected chi connectivity index (χ3v) is 5.13. The molecule has 0 aliphatic rings. The molecular formula is C19H21NO6S. The molecule has 0 saturated heterocycles. The molecule has 0 aliphatic heterocycles. The summed E-state index contributed by atoms with van der Waals surface area (Å²) in [5, 5.41) is 0. The molecule has 0 radical (unpaired) electrons. The molecule has 0 spiro atoms. The predicted octanol–water partition coefficient (Wildman–Crippen LogP) is 2.22. The molecule has 144 valence electrons. The normalized spacial score (nSPS) is 11.3. The van der Waals surface area contributed by atoms with Crippen LogP contribution in [0.1, 0.15) is 31.8 Å². The van der Waals surface area contributed by atoms with Gasteiger partial charge in [-0.1, -0.05) is 24.3 Å². The highest BCUT2D eigenvalue weighted by Crippen LogP contribution is 2.15. The Morgan fingerprint density at radius 3 is 1.37 bits per heavy atom. The van der Waals surface area contributed by atoms with E-state index >= 15 is 0 Å². The standard InChI is InChI=1S/C19H21NO6S/c1-25-18(21)16-8-4-14(5-9-16)12-20(27(3,23)24)13-15-6-10-17(11-7-15)19(22)26-2/h4-11H,12-13H2,1-3H3. The minimum atomic E-state index is -3.47. The second kappa shape index (κ2) is 8.79. The Morgan fingerprint density at radius 1 is 0.778 bits per heavy atom. The first-order chi connectivity index (χ1) is 12.7. The highest BCUT2D eigenvalue weighted by Gasteiger charge is 2.18. The molecular weight excluding hydrogens is 370 g/mol. The largest absolute Gasteiger partial charge is 0.465 e. The van der Waals surface area contributed by atoms with Crippen LogP contribution >= 0.6 is 0 Å². The van der Waals surface area contributed by atoms with Crippen molar-refractivity contribution in [2.75, 3.05) is 20.5 Å². The first-order valence-electron chi connectivity index (χ1n) is 8.04. The molecule has 2 rings (SSSR count). The molecule has 7 nitrogen and oxygen atoms in total. The monoisotopic (exact) mass is 391 g/mol. The maximum Gasteiger partial charge on any atom is 0.337 e. The lowest BCUT2D eigenvalue weighted by Crippen LogP contribution is -2.29. The number of hydrogen-bond donors (Lipinski definition) is 0. The molecule has 0 atom stereocenters. The highest BCUT2D eigenvalue weighted by atomic mass is 32.2. The van der Waals surface area contributed by atoms with Crippen molar-refractivity contribution in [2.24, 2.45) is 0 Å². The van der Waals surface area contributed by atoms with Crippen LogP contribution < -0.4 is 0 Å². The van der Waals surface area contributed by atoms with Gasteiger partial charge in [-0.05, 0) is 35.4 Å². The second-order valence-corrected chi connectivity index (χ2v) is 7.89. The van der Waals surface area contributed by atoms with Gasteiger partial charge in [-0.15, -0.1) is 0 Å². The maximum absolute atomic E-state index is 12.2. The molecule has 8 heteroatoms. The van der Waals surface area contributed by atoms with E-state index in [1.165, 1.54) is 18.5 Å². The molecule has 0 saturated carbocycles. The van der Waals surface area contributed by atoms with Gasteiger partial charge in [0.1, 0.15) is 0 Å². The Labute approximate surface area is 158 Å². The van der Waals surface area contributed by atoms with Crippen molar-refractivity contribution in [3.63, 3.8) is 0 Å². The van der Waals surface area contributed by atoms with Gasteiger partial charge in [-0.25, -0.2) is 18.0 Å². The molecule has 0 unspecified atom stereocenters. The van der Waals surface area contributed by atoms with Crippen molar-refractivity contribution in [3.8, 4) is 0 Å². The summed E-state index contributed by atoms with van der Waals surface area (Å²) in [5.74, 6) is -0.903. The molecule has 0 aromatic heterocycles. The van der Waals surface area contributed by atoms with Gasteiger partial charge in [0.05, 0.1) is 31.6 Å². The van der Waals surface area contributed by atoms with E-state index in [0.29, 0.717) is 11.1 Å². The zero-order valence-corrected chi connectivity index (χ0v) is 16.2. The van der Waals surface area contributed by atoms with Crippen LogP contribution in [-0.4, -0.2) is 45.1 Å². The number of ether oxygens (including phenoxy) is 2. The lowest BCUT2D eigenvalue weighted by Gasteiger charge is -2.20. The fraction of sp³-hybridized carbons (Fsp3) is 0.263. The Bertz CT molecular complexity index is 843. The first kappa shape index (κ1) is 20.6. The minimum absolute atomic E-state index is 0.152. The van der Waals surface area contributed by atoms with Gasteiger partial charge in [0.25, 0.3) is 0 Å². The van der Waals surface area contributed by atoms with Crippen molar-refractivity contribution in [2.45, 2.75) is 13.1 Å². The summed E-state index contributed by atoms with van der Waals surface area (Å²) in [6.45, 7) is 0.304. The summed E-state index contributed by atoms with van der Waals surface area (Å²) in [5.41, 5.74) is 2.26. The molecule has 27 heavy (non-hydrogen) atoms. The summed E-state index contributed by atoms with van der Waals surface area (Å²) in [6.07, 6.45) is 1.14. The molecule has 2 aromatic carbocycles. The van der Waals surface area contributed by atoms with E-state index in [0.717, 1.165) is 17.4 Å². The zero-order chi connectivity index (χ0) is 20.0. The van der Waals surface area contributed by atoms with Gasteiger partial charge in [0.2, 0.25) is 10.0 Å². The van der Waals surface area contributed by atoms with E-state index in [9.17, 15) is 18.0 Å². The van der Waals surface area contributed by atoms with E-state index < -0.39 is 22.0 Å². The summed E-state index contributed by atoms with van der Waals surface area (Å²) >= 11 is 0. The van der Waals surface area contributed by atoms with Crippen LogP contribution in [0.15, 0.2) is 48.5 Å². The van der Waals surface area contributed by atoms with E-state index in [2.05, 4.69) is 9.47 Å². The first-order valence-corrected chi connectivity index (χ1v) is 9.89. The number of esters is 2.